The molecule has 0 spiro atoms. The smallest absolute Gasteiger partial charge is 0.333 e. The Morgan fingerprint density at radius 3 is 1.75 bits per heavy atom. The highest BCUT2D eigenvalue weighted by Gasteiger charge is 2.44. The average molecular weight is 1210 g/mol. The highest BCUT2D eigenvalue weighted by atomic mass is 15.2. The summed E-state index contributed by atoms with van der Waals surface area (Å²) in [5.74, 6) is 1.69. The number of allylic oxidation sites excluding steroid dienone is 13. The third kappa shape index (κ3) is 11.9. The molecule has 2 aromatic heterocycles. The van der Waals surface area contributed by atoms with E-state index in [1.807, 2.05) is 71.0 Å². The molecule has 460 valence electrons. The van der Waals surface area contributed by atoms with Crippen molar-refractivity contribution in [3.05, 3.63) is 295 Å². The Bertz CT molecular complexity index is 4790. The van der Waals surface area contributed by atoms with Crippen molar-refractivity contribution < 1.29 is 0 Å². The van der Waals surface area contributed by atoms with Gasteiger partial charge in [-0.15, -0.1) is 6.58 Å². The number of fused-ring (bicyclic) bond motifs is 7. The van der Waals surface area contributed by atoms with Crippen molar-refractivity contribution in [2.45, 2.75) is 95.9 Å². The van der Waals surface area contributed by atoms with E-state index in [-0.39, 0.29) is 6.85 Å². The fourth-order valence-electron chi connectivity index (χ4n) is 14.1. The van der Waals surface area contributed by atoms with Gasteiger partial charge in [0.2, 0.25) is 0 Å². The lowest BCUT2D eigenvalue weighted by atomic mass is 9.44. The molecule has 1 aliphatic carbocycles. The first-order chi connectivity index (χ1) is 45.4. The maximum absolute atomic E-state index is 5.22. The van der Waals surface area contributed by atoms with E-state index in [1.165, 1.54) is 94.0 Å². The van der Waals surface area contributed by atoms with Gasteiger partial charge < -0.3 is 9.38 Å². The molecule has 9 aromatic carbocycles. The molecule has 11 aromatic rings. The van der Waals surface area contributed by atoms with Crippen molar-refractivity contribution in [3.8, 4) is 67.3 Å². The molecule has 0 saturated carbocycles. The zero-order valence-electron chi connectivity index (χ0n) is 56.3. The van der Waals surface area contributed by atoms with Gasteiger partial charge in [0.15, 0.2) is 17.5 Å². The SMILES string of the molecule is C=C/C=C(\C=C)c1nc(-c2ccccc2)nc(-c2cccc(-c3cc4c5c(c3C)-c3cc(C6=C(C)CCC=C6C)cc6c7cc(C(=C(C)C)/C(C)=C\C)ccc7n(c36)B5c3ccccc3N4c3cc(-c4ccccc4)cc(-c4ccccc4)c3)c2)n1.C=CC.CC.CC. The number of benzene rings is 9. The number of rotatable bonds is 12. The first kappa shape index (κ1) is 64.1. The van der Waals surface area contributed by atoms with Gasteiger partial charge >= 0.3 is 6.85 Å². The van der Waals surface area contributed by atoms with Crippen LogP contribution in [-0.2, 0) is 0 Å². The molecule has 0 N–H and O–H groups in total. The molecular weight excluding hydrogens is 1130 g/mol. The van der Waals surface area contributed by atoms with Crippen LogP contribution in [0, 0.1) is 6.92 Å². The zero-order chi connectivity index (χ0) is 65.6. The first-order valence-corrected chi connectivity index (χ1v) is 33.0. The van der Waals surface area contributed by atoms with E-state index in [1.54, 1.807) is 18.2 Å². The van der Waals surface area contributed by atoms with Crippen molar-refractivity contribution in [2.75, 3.05) is 4.90 Å². The van der Waals surface area contributed by atoms with E-state index < -0.39 is 0 Å². The molecule has 0 saturated heterocycles. The number of nitrogens with zero attached hydrogens (tertiary/aromatic N) is 5. The highest BCUT2D eigenvalue weighted by Crippen LogP contribution is 2.51. The van der Waals surface area contributed by atoms with Crippen LogP contribution in [0.5, 0.6) is 0 Å². The Kier molecular flexibility index (Phi) is 19.3. The summed E-state index contributed by atoms with van der Waals surface area (Å²) < 4.78 is 2.71. The third-order valence-electron chi connectivity index (χ3n) is 18.0. The molecule has 0 amide bonds. The Hall–Kier alpha value is -10.4. The van der Waals surface area contributed by atoms with Gasteiger partial charge in [0.1, 0.15) is 0 Å². The molecule has 4 heterocycles. The normalized spacial score (nSPS) is 12.9. The van der Waals surface area contributed by atoms with E-state index in [0.717, 1.165) is 80.0 Å². The van der Waals surface area contributed by atoms with Crippen LogP contribution >= 0.6 is 0 Å². The number of hydrogen-bond acceptors (Lipinski definition) is 4. The first-order valence-electron chi connectivity index (χ1n) is 33.0. The Balaban J connectivity index is 0.00000122. The highest BCUT2D eigenvalue weighted by molar-refractivity contribution is 6.90. The van der Waals surface area contributed by atoms with Gasteiger partial charge in [-0.3, -0.25) is 0 Å². The summed E-state index contributed by atoms with van der Waals surface area (Å²) in [6.07, 6.45) is 13.9. The summed E-state index contributed by atoms with van der Waals surface area (Å²) in [4.78, 5) is 18.0. The van der Waals surface area contributed by atoms with Crippen molar-refractivity contribution >= 4 is 73.4 Å². The van der Waals surface area contributed by atoms with Crippen LogP contribution in [0.1, 0.15) is 112 Å². The predicted octanol–water partition coefficient (Wildman–Crippen LogP) is 23.3. The van der Waals surface area contributed by atoms with Crippen molar-refractivity contribution in [3.63, 3.8) is 0 Å². The summed E-state index contributed by atoms with van der Waals surface area (Å²) in [6, 6.07) is 71.7. The molecule has 0 bridgehead atoms. The zero-order valence-corrected chi connectivity index (χ0v) is 56.3. The fourth-order valence-corrected chi connectivity index (χ4v) is 14.1. The summed E-state index contributed by atoms with van der Waals surface area (Å²) in [7, 11) is 0. The molecule has 93 heavy (non-hydrogen) atoms. The van der Waals surface area contributed by atoms with E-state index in [9.17, 15) is 0 Å². The van der Waals surface area contributed by atoms with Crippen LogP contribution in [0.3, 0.4) is 0 Å². The molecule has 3 aliphatic rings. The van der Waals surface area contributed by atoms with Crippen LogP contribution in [-0.4, -0.2) is 26.3 Å². The van der Waals surface area contributed by atoms with Gasteiger partial charge in [-0.2, -0.15) is 0 Å². The lowest BCUT2D eigenvalue weighted by molar-refractivity contribution is 0.953. The summed E-state index contributed by atoms with van der Waals surface area (Å²) in [5, 5.41) is 2.53. The van der Waals surface area contributed by atoms with Crippen molar-refractivity contribution in [1.82, 2.24) is 19.4 Å². The van der Waals surface area contributed by atoms with Crippen LogP contribution in [0.4, 0.5) is 17.1 Å². The van der Waals surface area contributed by atoms with Gasteiger partial charge in [0.05, 0.1) is 0 Å². The monoisotopic (exact) mass is 1210 g/mol. The topological polar surface area (TPSA) is 46.8 Å². The van der Waals surface area contributed by atoms with E-state index in [0.29, 0.717) is 17.5 Å². The lowest BCUT2D eigenvalue weighted by Crippen LogP contribution is -2.56. The number of aromatic nitrogens is 4. The summed E-state index contributed by atoms with van der Waals surface area (Å²) in [5.41, 5.74) is 32.0. The third-order valence-corrected chi connectivity index (χ3v) is 18.0. The van der Waals surface area contributed by atoms with Crippen molar-refractivity contribution in [1.29, 1.82) is 0 Å². The largest absolute Gasteiger partial charge is 0.375 e. The minimum absolute atomic E-state index is 0.165. The minimum atomic E-state index is -0.165. The number of anilines is 3. The van der Waals surface area contributed by atoms with Gasteiger partial charge in [-0.25, -0.2) is 15.0 Å². The maximum atomic E-state index is 5.22. The second-order valence-electron chi connectivity index (χ2n) is 23.8. The molecule has 0 atom stereocenters. The minimum Gasteiger partial charge on any atom is -0.375 e. The quantitative estimate of drug-likeness (QED) is 0.0695. The standard InChI is InChI=1S/C80H66BN5.C3H6.2C2H6/c1-10-26-54(12-3)78-82-79(57-33-20-15-21-34-57)84-80(83-78)60-36-25-35-58(41-60)65-48-72-76-75(53(65)9)68-47-63(74-51(7)27-24-28-52(74)8)46-67-66-45-59(73(49(4)5)50(6)11-2)39-40-70(66)86(77(67)68)81(76)69-37-22-23-38-71(69)85(72)64-43-61(55-29-16-13-17-30-55)42-62(44-64)56-31-18-14-19-32-56;1-3-2;2*1-2/h10-23,25-27,29-48H,1,3,24,28H2,2,4-9H3;3H,1H2,2H3;2*1-2H3/b50-11-,54-26+;;;. The molecule has 0 fully saturated rings. The number of para-hydroxylation sites is 1. The van der Waals surface area contributed by atoms with Gasteiger partial charge in [0.25, 0.3) is 0 Å². The average Bonchev–Trinajstić information content (AvgIpc) is 1.64. The van der Waals surface area contributed by atoms with Crippen molar-refractivity contribution in [2.24, 2.45) is 0 Å². The van der Waals surface area contributed by atoms with Crippen LogP contribution in [0.25, 0.3) is 106 Å². The molecular formula is C87H84BN5. The van der Waals surface area contributed by atoms with Gasteiger partial charge in [0, 0.05) is 61.1 Å². The predicted molar refractivity (Wildman–Crippen MR) is 406 cm³/mol. The summed E-state index contributed by atoms with van der Waals surface area (Å²) in [6.45, 7) is 37.1. The fraction of sp³-hybridized carbons (Fsp3) is 0.161. The second kappa shape index (κ2) is 28.0. The molecule has 0 unspecified atom stereocenters. The van der Waals surface area contributed by atoms with Crippen LogP contribution in [0.15, 0.2) is 273 Å². The Morgan fingerprint density at radius 1 is 0.548 bits per heavy atom. The summed E-state index contributed by atoms with van der Waals surface area (Å²) >= 11 is 0. The molecule has 6 heteroatoms. The van der Waals surface area contributed by atoms with E-state index >= 15 is 0 Å². The molecule has 5 nitrogen and oxygen atoms in total. The second-order valence-corrected chi connectivity index (χ2v) is 23.8. The maximum Gasteiger partial charge on any atom is 0.333 e. The Labute approximate surface area is 552 Å². The lowest BCUT2D eigenvalue weighted by Gasteiger charge is -2.42. The van der Waals surface area contributed by atoms with E-state index in [4.69, 9.17) is 15.0 Å². The molecule has 14 rings (SSSR count). The van der Waals surface area contributed by atoms with Crippen LogP contribution < -0.4 is 15.8 Å². The van der Waals surface area contributed by atoms with Gasteiger partial charge in [-0.05, 0) is 218 Å². The number of hydrogen-bond donors (Lipinski definition) is 0. The van der Waals surface area contributed by atoms with E-state index in [2.05, 4.69) is 254 Å². The van der Waals surface area contributed by atoms with Crippen LogP contribution in [0.2, 0.25) is 0 Å². The molecule has 2 aliphatic heterocycles. The van der Waals surface area contributed by atoms with Gasteiger partial charge in [-0.1, -0.05) is 222 Å². The molecule has 0 radical (unpaired) electrons. The Morgan fingerprint density at radius 2 is 1.14 bits per heavy atom.